The minimum atomic E-state index is -1.06. The summed E-state index contributed by atoms with van der Waals surface area (Å²) in [4.78, 5) is 16.6. The van der Waals surface area contributed by atoms with Crippen LogP contribution < -0.4 is 5.11 Å². The third-order valence-corrected chi connectivity index (χ3v) is 6.61. The first-order valence-corrected chi connectivity index (χ1v) is 8.84. The molecule has 1 N–H and O–H groups in total. The second-order valence-corrected chi connectivity index (χ2v) is 7.52. The van der Waals surface area contributed by atoms with E-state index in [2.05, 4.69) is 4.98 Å². The summed E-state index contributed by atoms with van der Waals surface area (Å²) in [6, 6.07) is 18.0. The van der Waals surface area contributed by atoms with Crippen molar-refractivity contribution in [2.24, 2.45) is 0 Å². The van der Waals surface area contributed by atoms with Crippen LogP contribution in [0.5, 0.6) is 0 Å². The molecule has 3 nitrogen and oxygen atoms in total. The maximum atomic E-state index is 11.7. The second kappa shape index (κ2) is 5.25. The number of carbonyl (C=O) groups is 1. The zero-order chi connectivity index (χ0) is 16.0. The molecule has 114 valence electrons. The number of hydrogen-bond acceptors (Lipinski definition) is 2. The molecular formula is C19H15NO2S. The van der Waals surface area contributed by atoms with E-state index in [0.717, 1.165) is 32.2 Å². The first kappa shape index (κ1) is 14.0. The van der Waals surface area contributed by atoms with Gasteiger partial charge >= 0.3 is 0 Å². The van der Waals surface area contributed by atoms with Gasteiger partial charge in [-0.05, 0) is 13.0 Å². The van der Waals surface area contributed by atoms with E-state index in [1.165, 1.54) is 0 Å². The van der Waals surface area contributed by atoms with E-state index in [9.17, 15) is 9.90 Å². The Bertz CT molecular complexity index is 1030. The number of rotatable bonds is 3. The molecule has 0 bridgehead atoms. The Kier molecular flexibility index (Phi) is 3.20. The first-order chi connectivity index (χ1) is 11.2. The summed E-state index contributed by atoms with van der Waals surface area (Å²) >= 11 is 0. The zero-order valence-corrected chi connectivity index (χ0v) is 13.4. The monoisotopic (exact) mass is 321 g/mol. The molecule has 0 aliphatic heterocycles. The standard InChI is InChI=1S/C19H15NO2S/c1-12-16-14-9-5-6-10-15(14)20-18(16)23(17(12)19(21)22)11-13-7-3-2-4-8-13/h2-10,20H,11H2,1H3. The van der Waals surface area contributed by atoms with Crippen LogP contribution in [0.25, 0.3) is 21.1 Å². The van der Waals surface area contributed by atoms with Gasteiger partial charge in [0.05, 0.1) is 10.9 Å². The number of nitrogens with one attached hydrogen (secondary N) is 1. The largest absolute Gasteiger partial charge is 0.540 e. The van der Waals surface area contributed by atoms with Gasteiger partial charge in [0, 0.05) is 27.0 Å². The van der Waals surface area contributed by atoms with Gasteiger partial charge in [0.2, 0.25) is 4.88 Å². The van der Waals surface area contributed by atoms with Gasteiger partial charge < -0.3 is 14.9 Å². The van der Waals surface area contributed by atoms with Crippen LogP contribution in [-0.4, -0.2) is 11.0 Å². The molecule has 1 atom stereocenters. The third-order valence-electron chi connectivity index (χ3n) is 4.22. The third kappa shape index (κ3) is 2.14. The summed E-state index contributed by atoms with van der Waals surface area (Å²) in [7, 11) is -0.522. The van der Waals surface area contributed by atoms with Gasteiger partial charge in [0.15, 0.2) is 5.75 Å². The van der Waals surface area contributed by atoms with Gasteiger partial charge in [-0.3, -0.25) is 0 Å². The number of fused-ring (bicyclic) bond motifs is 3. The van der Waals surface area contributed by atoms with E-state index >= 15 is 0 Å². The Labute approximate surface area is 136 Å². The average molecular weight is 321 g/mol. The Morgan fingerprint density at radius 3 is 2.52 bits per heavy atom. The number of carbonyl (C=O) groups excluding carboxylic acids is 1. The number of H-pyrrole nitrogens is 1. The zero-order valence-electron chi connectivity index (χ0n) is 12.6. The van der Waals surface area contributed by atoms with Crippen molar-refractivity contribution in [2.75, 3.05) is 0 Å². The smallest absolute Gasteiger partial charge is 0.254 e. The van der Waals surface area contributed by atoms with Crippen LogP contribution in [0.3, 0.4) is 0 Å². The summed E-state index contributed by atoms with van der Waals surface area (Å²) in [5.41, 5.74) is 3.02. The van der Waals surface area contributed by atoms with Crippen LogP contribution in [0.2, 0.25) is 0 Å². The normalized spacial score (nSPS) is 12.1. The summed E-state index contributed by atoms with van der Waals surface area (Å²) in [6.07, 6.45) is 0. The lowest BCUT2D eigenvalue weighted by molar-refractivity contribution is -0.254. The summed E-state index contributed by atoms with van der Waals surface area (Å²) in [5.74, 6) is -0.378. The van der Waals surface area contributed by atoms with E-state index in [4.69, 9.17) is 0 Å². The highest BCUT2D eigenvalue weighted by atomic mass is 32.2. The van der Waals surface area contributed by atoms with Gasteiger partial charge in [-0.25, -0.2) is 0 Å². The Morgan fingerprint density at radius 2 is 1.78 bits per heavy atom. The van der Waals surface area contributed by atoms with Crippen molar-refractivity contribution in [3.8, 4) is 0 Å². The molecule has 2 aromatic heterocycles. The molecule has 0 radical (unpaired) electrons. The van der Waals surface area contributed by atoms with Crippen molar-refractivity contribution >= 4 is 37.6 Å². The lowest BCUT2D eigenvalue weighted by atomic mass is 10.1. The maximum absolute atomic E-state index is 11.7. The first-order valence-electron chi connectivity index (χ1n) is 7.45. The van der Waals surface area contributed by atoms with Crippen LogP contribution in [-0.2, 0) is 5.75 Å². The average Bonchev–Trinajstić information content (AvgIpc) is 3.05. The van der Waals surface area contributed by atoms with E-state index < -0.39 is 16.4 Å². The van der Waals surface area contributed by atoms with Crippen molar-refractivity contribution in [2.45, 2.75) is 12.7 Å². The Balaban J connectivity index is 2.04. The highest BCUT2D eigenvalue weighted by Gasteiger charge is 2.29. The molecule has 0 spiro atoms. The highest BCUT2D eigenvalue weighted by Crippen LogP contribution is 2.44. The van der Waals surface area contributed by atoms with Crippen molar-refractivity contribution in [1.82, 2.24) is 4.98 Å². The van der Waals surface area contributed by atoms with Crippen LogP contribution in [0.15, 0.2) is 54.6 Å². The molecule has 2 heterocycles. The number of carboxylic acids is 1. The minimum Gasteiger partial charge on any atom is -0.540 e. The quantitative estimate of drug-likeness (QED) is 0.584. The van der Waals surface area contributed by atoms with Crippen LogP contribution >= 0.6 is 10.5 Å². The summed E-state index contributed by atoms with van der Waals surface area (Å²) in [6.45, 7) is 1.89. The van der Waals surface area contributed by atoms with Crippen molar-refractivity contribution in [3.05, 3.63) is 70.6 Å². The molecule has 0 amide bonds. The van der Waals surface area contributed by atoms with Crippen molar-refractivity contribution in [3.63, 3.8) is 0 Å². The molecule has 2 aromatic carbocycles. The lowest BCUT2D eigenvalue weighted by Crippen LogP contribution is -2.22. The number of aromatic nitrogens is 1. The number of hydrogen-bond donors (Lipinski definition) is 1. The molecule has 0 aliphatic rings. The van der Waals surface area contributed by atoms with Crippen LogP contribution in [0.1, 0.15) is 20.8 Å². The predicted octanol–water partition coefficient (Wildman–Crippen LogP) is 3.79. The predicted molar refractivity (Wildman–Crippen MR) is 92.9 cm³/mol. The topological polar surface area (TPSA) is 55.9 Å². The van der Waals surface area contributed by atoms with Crippen molar-refractivity contribution in [1.29, 1.82) is 0 Å². The number of benzene rings is 2. The van der Waals surface area contributed by atoms with Gasteiger partial charge in [-0.15, -0.1) is 0 Å². The maximum Gasteiger partial charge on any atom is 0.254 e. The Hall–Kier alpha value is -2.59. The van der Waals surface area contributed by atoms with Crippen LogP contribution in [0, 0.1) is 6.92 Å². The van der Waals surface area contributed by atoms with Crippen LogP contribution in [0.4, 0.5) is 0 Å². The van der Waals surface area contributed by atoms with E-state index in [0.29, 0.717) is 10.6 Å². The number of aryl methyl sites for hydroxylation is 1. The number of para-hydroxylation sites is 1. The van der Waals surface area contributed by atoms with Gasteiger partial charge in [-0.1, -0.05) is 48.5 Å². The molecule has 23 heavy (non-hydrogen) atoms. The number of thiophene rings is 1. The van der Waals surface area contributed by atoms with E-state index in [1.54, 1.807) is 0 Å². The second-order valence-electron chi connectivity index (χ2n) is 5.64. The van der Waals surface area contributed by atoms with E-state index in [1.807, 2.05) is 61.5 Å². The fourth-order valence-electron chi connectivity index (χ4n) is 3.21. The lowest BCUT2D eigenvalue weighted by Gasteiger charge is -2.00. The van der Waals surface area contributed by atoms with Gasteiger partial charge in [0.25, 0.3) is 4.83 Å². The molecule has 1 unspecified atom stereocenters. The van der Waals surface area contributed by atoms with E-state index in [-0.39, 0.29) is 0 Å². The molecule has 4 aromatic rings. The molecule has 0 saturated heterocycles. The summed E-state index contributed by atoms with van der Waals surface area (Å²) < 4.78 is 0. The molecule has 0 saturated carbocycles. The summed E-state index contributed by atoms with van der Waals surface area (Å²) in [5, 5.41) is 13.9. The Morgan fingerprint density at radius 1 is 1.09 bits per heavy atom. The number of aromatic carboxylic acids is 1. The number of aromatic amines is 1. The number of carboxylic acid groups (broad SMARTS) is 1. The van der Waals surface area contributed by atoms with Gasteiger partial charge in [0.1, 0.15) is 5.97 Å². The van der Waals surface area contributed by atoms with Crippen molar-refractivity contribution < 1.29 is 9.90 Å². The minimum absolute atomic E-state index is 0.431. The van der Waals surface area contributed by atoms with Gasteiger partial charge in [-0.2, -0.15) is 0 Å². The molecule has 0 aliphatic carbocycles. The molecule has 0 fully saturated rings. The molecular weight excluding hydrogens is 306 g/mol. The molecule has 4 heteroatoms. The molecule has 4 rings (SSSR count). The fourth-order valence-corrected chi connectivity index (χ4v) is 5.65. The SMILES string of the molecule is Cc1c(C(=O)[O-])[s+](Cc2ccccc2)c2[nH]c3ccccc3c12. The highest BCUT2D eigenvalue weighted by molar-refractivity contribution is 7.38. The fraction of sp³-hybridized carbons (Fsp3) is 0.105.